The van der Waals surface area contributed by atoms with Crippen LogP contribution in [0.15, 0.2) is 12.3 Å². The average molecular weight is 600 g/mol. The zero-order valence-electron chi connectivity index (χ0n) is 19.1. The Labute approximate surface area is 213 Å². The Hall–Kier alpha value is -2.29. The topological polar surface area (TPSA) is 85.1 Å². The number of hydrogen-bond acceptors (Lipinski definition) is 8. The molecular weight excluding hydrogens is 576 g/mol. The van der Waals surface area contributed by atoms with Gasteiger partial charge in [-0.3, -0.25) is 0 Å². The third-order valence-corrected chi connectivity index (χ3v) is 7.76. The van der Waals surface area contributed by atoms with Crippen molar-refractivity contribution in [3.8, 4) is 0 Å². The summed E-state index contributed by atoms with van der Waals surface area (Å²) in [4.78, 5) is 21.5. The minimum atomic E-state index is -4.49. The van der Waals surface area contributed by atoms with Gasteiger partial charge in [-0.25, -0.2) is 24.6 Å². The molecule has 0 amide bonds. The van der Waals surface area contributed by atoms with Crippen molar-refractivity contribution in [2.24, 2.45) is 5.41 Å². The van der Waals surface area contributed by atoms with Crippen LogP contribution in [0.2, 0.25) is 0 Å². The third kappa shape index (κ3) is 4.19. The number of fused-ring (bicyclic) bond motifs is 1. The number of aryl methyl sites for hydroxylation is 1. The summed E-state index contributed by atoms with van der Waals surface area (Å²) in [6, 6.07) is 1.04. The predicted molar refractivity (Wildman–Crippen MR) is 130 cm³/mol. The smallest absolute Gasteiger partial charge is 0.356 e. The molecule has 3 aliphatic heterocycles. The van der Waals surface area contributed by atoms with E-state index in [2.05, 4.69) is 47.5 Å². The molecule has 0 saturated carbocycles. The van der Waals surface area contributed by atoms with Gasteiger partial charge in [-0.1, -0.05) is 0 Å². The fourth-order valence-electron chi connectivity index (χ4n) is 5.31. The van der Waals surface area contributed by atoms with Gasteiger partial charge in [-0.05, 0) is 55.2 Å². The van der Waals surface area contributed by atoms with E-state index in [-0.39, 0.29) is 17.5 Å². The van der Waals surface area contributed by atoms with E-state index in [1.165, 1.54) is 6.92 Å². The molecule has 0 bridgehead atoms. The highest BCUT2D eigenvalue weighted by Crippen LogP contribution is 2.43. The van der Waals surface area contributed by atoms with E-state index in [0.29, 0.717) is 18.9 Å². The van der Waals surface area contributed by atoms with E-state index in [0.717, 1.165) is 72.1 Å². The lowest BCUT2D eigenvalue weighted by Crippen LogP contribution is -2.58. The van der Waals surface area contributed by atoms with Crippen molar-refractivity contribution in [1.82, 2.24) is 29.7 Å². The second kappa shape index (κ2) is 8.39. The number of rotatable bonds is 3. The molecule has 3 aromatic heterocycles. The lowest BCUT2D eigenvalue weighted by Gasteiger charge is -2.48. The minimum Gasteiger partial charge on any atom is -0.356 e. The Morgan fingerprint density at radius 3 is 2.63 bits per heavy atom. The molecule has 3 aromatic rings. The summed E-state index contributed by atoms with van der Waals surface area (Å²) in [7, 11) is 0. The zero-order chi connectivity index (χ0) is 24.4. The van der Waals surface area contributed by atoms with E-state index in [9.17, 15) is 13.2 Å². The Morgan fingerprint density at radius 1 is 1.09 bits per heavy atom. The molecule has 6 heterocycles. The van der Waals surface area contributed by atoms with E-state index in [1.807, 2.05) is 9.58 Å². The summed E-state index contributed by atoms with van der Waals surface area (Å²) >= 11 is 2.18. The van der Waals surface area contributed by atoms with Gasteiger partial charge in [0, 0.05) is 44.3 Å². The SMILES string of the molecule is Cc1nc(N2CC3(CCN(c4cnc5c(I)nn(C6CCCCO6)c5n4)C3)C2)cc(C(F)(F)F)n1. The molecule has 1 unspecified atom stereocenters. The van der Waals surface area contributed by atoms with Gasteiger partial charge >= 0.3 is 6.18 Å². The molecule has 3 fully saturated rings. The monoisotopic (exact) mass is 600 g/mol. The first-order chi connectivity index (χ1) is 16.7. The van der Waals surface area contributed by atoms with E-state index < -0.39 is 11.9 Å². The maximum absolute atomic E-state index is 13.2. The highest BCUT2D eigenvalue weighted by atomic mass is 127. The first-order valence-corrected chi connectivity index (χ1v) is 12.7. The van der Waals surface area contributed by atoms with Gasteiger partial charge < -0.3 is 14.5 Å². The molecule has 13 heteroatoms. The predicted octanol–water partition coefficient (Wildman–Crippen LogP) is 3.96. The van der Waals surface area contributed by atoms with Crippen LogP contribution < -0.4 is 9.80 Å². The highest BCUT2D eigenvalue weighted by Gasteiger charge is 2.49. The molecule has 1 spiro atoms. The van der Waals surface area contributed by atoms with Crippen LogP contribution in [0.3, 0.4) is 0 Å². The van der Waals surface area contributed by atoms with E-state index in [1.54, 1.807) is 6.20 Å². The van der Waals surface area contributed by atoms with Crippen LogP contribution in [-0.4, -0.2) is 62.5 Å². The van der Waals surface area contributed by atoms with Crippen LogP contribution in [0.4, 0.5) is 24.8 Å². The Morgan fingerprint density at radius 2 is 1.89 bits per heavy atom. The molecule has 0 N–H and O–H groups in total. The number of aromatic nitrogens is 6. The number of ether oxygens (including phenoxy) is 1. The quantitative estimate of drug-likeness (QED) is 0.418. The fraction of sp³-hybridized carbons (Fsp3) is 0.591. The Balaban J connectivity index is 1.19. The molecule has 6 rings (SSSR count). The minimum absolute atomic E-state index is 0.00492. The molecule has 0 radical (unpaired) electrons. The average Bonchev–Trinajstić information content (AvgIpc) is 3.40. The molecule has 9 nitrogen and oxygen atoms in total. The molecule has 186 valence electrons. The van der Waals surface area contributed by atoms with Crippen molar-refractivity contribution in [3.05, 3.63) is 27.5 Å². The number of alkyl halides is 3. The van der Waals surface area contributed by atoms with Crippen LogP contribution in [0, 0.1) is 16.0 Å². The van der Waals surface area contributed by atoms with Crippen LogP contribution in [0.5, 0.6) is 0 Å². The number of hydrogen-bond donors (Lipinski definition) is 0. The summed E-state index contributed by atoms with van der Waals surface area (Å²) in [6.07, 6.45) is 1.17. The molecule has 0 aromatic carbocycles. The molecule has 3 saturated heterocycles. The first-order valence-electron chi connectivity index (χ1n) is 11.7. The Kier molecular flexibility index (Phi) is 5.54. The van der Waals surface area contributed by atoms with Crippen molar-refractivity contribution in [2.75, 3.05) is 42.6 Å². The second-order valence-corrected chi connectivity index (χ2v) is 10.7. The maximum Gasteiger partial charge on any atom is 0.433 e. The molecule has 35 heavy (non-hydrogen) atoms. The maximum atomic E-state index is 13.2. The lowest BCUT2D eigenvalue weighted by molar-refractivity contribution is -0.141. The van der Waals surface area contributed by atoms with Gasteiger partial charge in [0.15, 0.2) is 15.6 Å². The van der Waals surface area contributed by atoms with Crippen LogP contribution in [0.25, 0.3) is 11.2 Å². The number of halogens is 4. The van der Waals surface area contributed by atoms with Gasteiger partial charge in [-0.2, -0.15) is 18.3 Å². The van der Waals surface area contributed by atoms with E-state index >= 15 is 0 Å². The molecular formula is C22H24F3IN8O. The third-order valence-electron chi connectivity index (χ3n) is 7.03. The van der Waals surface area contributed by atoms with Crippen molar-refractivity contribution in [3.63, 3.8) is 0 Å². The first kappa shape index (κ1) is 23.1. The fourth-order valence-corrected chi connectivity index (χ4v) is 5.92. The lowest BCUT2D eigenvalue weighted by atomic mass is 9.79. The van der Waals surface area contributed by atoms with Gasteiger partial charge in [0.1, 0.15) is 28.7 Å². The van der Waals surface area contributed by atoms with Gasteiger partial charge in [0.25, 0.3) is 0 Å². The largest absolute Gasteiger partial charge is 0.433 e. The summed E-state index contributed by atoms with van der Waals surface area (Å²) in [5.41, 5.74) is 0.596. The van der Waals surface area contributed by atoms with Crippen LogP contribution in [-0.2, 0) is 10.9 Å². The molecule has 0 aliphatic carbocycles. The van der Waals surface area contributed by atoms with Gasteiger partial charge in [-0.15, -0.1) is 0 Å². The van der Waals surface area contributed by atoms with E-state index in [4.69, 9.17) is 9.72 Å². The summed E-state index contributed by atoms with van der Waals surface area (Å²) in [5, 5.41) is 4.65. The van der Waals surface area contributed by atoms with Gasteiger partial charge in [0.2, 0.25) is 0 Å². The standard InChI is InChI=1S/C22H24F3IN8O/c1-13-28-14(22(23,24)25)8-15(29-13)33-11-21(12-33)5-6-32(10-21)16-9-27-18-19(26)31-34(20(18)30-16)17-4-2-3-7-35-17/h8-9,17H,2-7,10-12H2,1H3. The van der Waals surface area contributed by atoms with Gasteiger partial charge in [0.05, 0.1) is 6.20 Å². The molecule has 3 aliphatic rings. The van der Waals surface area contributed by atoms with Crippen LogP contribution in [0.1, 0.15) is 43.4 Å². The summed E-state index contributed by atoms with van der Waals surface area (Å²) in [6.45, 7) is 5.10. The Bertz CT molecular complexity index is 1270. The van der Waals surface area contributed by atoms with Crippen molar-refractivity contribution in [2.45, 2.75) is 45.0 Å². The summed E-state index contributed by atoms with van der Waals surface area (Å²) < 4.78 is 48.1. The summed E-state index contributed by atoms with van der Waals surface area (Å²) in [5.74, 6) is 1.25. The highest BCUT2D eigenvalue weighted by molar-refractivity contribution is 14.1. The number of anilines is 2. The van der Waals surface area contributed by atoms with Crippen molar-refractivity contribution in [1.29, 1.82) is 0 Å². The number of nitrogens with zero attached hydrogens (tertiary/aromatic N) is 8. The second-order valence-electron chi connectivity index (χ2n) is 9.64. The zero-order valence-corrected chi connectivity index (χ0v) is 21.3. The molecule has 1 atom stereocenters. The van der Waals surface area contributed by atoms with Crippen LogP contribution >= 0.6 is 22.6 Å². The van der Waals surface area contributed by atoms with Crippen molar-refractivity contribution >= 4 is 45.4 Å². The normalized spacial score (nSPS) is 22.3. The van der Waals surface area contributed by atoms with Crippen molar-refractivity contribution < 1.29 is 17.9 Å².